The lowest BCUT2D eigenvalue weighted by Crippen LogP contribution is -2.44. The predicted octanol–water partition coefficient (Wildman–Crippen LogP) is 4.71. The molecule has 1 atom stereocenters. The minimum atomic E-state index is 0.635. The Labute approximate surface area is 126 Å². The van der Waals surface area contributed by atoms with E-state index in [0.717, 1.165) is 5.02 Å². The van der Waals surface area contributed by atoms with Crippen molar-refractivity contribution in [3.05, 3.63) is 34.9 Å². The smallest absolute Gasteiger partial charge is 0.0440 e. The van der Waals surface area contributed by atoms with Crippen LogP contribution in [0.1, 0.15) is 44.6 Å². The molecule has 1 aromatic carbocycles. The summed E-state index contributed by atoms with van der Waals surface area (Å²) in [5.41, 5.74) is 1.33. The summed E-state index contributed by atoms with van der Waals surface area (Å²) >= 11 is 8.28. The second kappa shape index (κ2) is 7.56. The third-order valence-corrected chi connectivity index (χ3v) is 5.18. The highest BCUT2D eigenvalue weighted by atomic mass is 35.5. The molecule has 0 aromatic heterocycles. The van der Waals surface area contributed by atoms with Gasteiger partial charge in [0.05, 0.1) is 0 Å². The molecule has 1 fully saturated rings. The molecule has 3 heteroatoms. The second-order valence-electron chi connectivity index (χ2n) is 5.44. The van der Waals surface area contributed by atoms with E-state index in [2.05, 4.69) is 31.3 Å². The minimum absolute atomic E-state index is 0.635. The van der Waals surface area contributed by atoms with E-state index in [-0.39, 0.29) is 0 Å². The number of benzene rings is 1. The van der Waals surface area contributed by atoms with Crippen molar-refractivity contribution in [1.29, 1.82) is 0 Å². The number of hydrogen-bond donors (Lipinski definition) is 1. The number of thioether (sulfide) groups is 1. The Morgan fingerprint density at radius 2 is 2.11 bits per heavy atom. The van der Waals surface area contributed by atoms with Crippen molar-refractivity contribution in [3.8, 4) is 0 Å². The molecule has 0 amide bonds. The van der Waals surface area contributed by atoms with Crippen molar-refractivity contribution in [2.24, 2.45) is 0 Å². The van der Waals surface area contributed by atoms with E-state index in [1.165, 1.54) is 36.3 Å². The summed E-state index contributed by atoms with van der Waals surface area (Å²) in [4.78, 5) is 0. The van der Waals surface area contributed by atoms with Crippen molar-refractivity contribution in [2.75, 3.05) is 11.5 Å². The van der Waals surface area contributed by atoms with Gasteiger partial charge in [-0.15, -0.1) is 0 Å². The lowest BCUT2D eigenvalue weighted by Gasteiger charge is -2.38. The molecular weight excluding hydrogens is 274 g/mol. The minimum Gasteiger partial charge on any atom is -0.311 e. The van der Waals surface area contributed by atoms with Crippen LogP contribution in [0.5, 0.6) is 0 Å². The van der Waals surface area contributed by atoms with Gasteiger partial charge in [0.25, 0.3) is 0 Å². The van der Waals surface area contributed by atoms with Crippen molar-refractivity contribution in [1.82, 2.24) is 5.32 Å². The maximum Gasteiger partial charge on any atom is 0.0440 e. The lowest BCUT2D eigenvalue weighted by molar-refractivity contribution is 0.268. The zero-order valence-electron chi connectivity index (χ0n) is 11.9. The Kier molecular flexibility index (Phi) is 6.06. The van der Waals surface area contributed by atoms with Crippen molar-refractivity contribution < 1.29 is 0 Å². The Morgan fingerprint density at radius 1 is 1.37 bits per heavy atom. The third-order valence-electron chi connectivity index (χ3n) is 3.90. The first-order chi connectivity index (χ1) is 9.20. The molecule has 0 heterocycles. The van der Waals surface area contributed by atoms with E-state index in [0.29, 0.717) is 18.0 Å². The van der Waals surface area contributed by atoms with Crippen LogP contribution < -0.4 is 5.32 Å². The summed E-state index contributed by atoms with van der Waals surface area (Å²) < 4.78 is 0. The van der Waals surface area contributed by atoms with Crippen LogP contribution in [0.25, 0.3) is 0 Å². The Morgan fingerprint density at radius 3 is 2.79 bits per heavy atom. The number of nitrogens with one attached hydrogen (secondary N) is 1. The zero-order valence-corrected chi connectivity index (χ0v) is 13.4. The van der Waals surface area contributed by atoms with Gasteiger partial charge in [0.1, 0.15) is 0 Å². The van der Waals surface area contributed by atoms with E-state index in [1.54, 1.807) is 0 Å². The van der Waals surface area contributed by atoms with Crippen molar-refractivity contribution in [2.45, 2.75) is 51.1 Å². The first kappa shape index (κ1) is 15.2. The molecule has 1 unspecified atom stereocenters. The molecule has 1 saturated carbocycles. The fraction of sp³-hybridized carbons (Fsp3) is 0.625. The quantitative estimate of drug-likeness (QED) is 0.732. The summed E-state index contributed by atoms with van der Waals surface area (Å²) in [6, 6.07) is 9.59. The van der Waals surface area contributed by atoms with E-state index < -0.39 is 0 Å². The zero-order chi connectivity index (χ0) is 13.7. The molecule has 0 radical (unpaired) electrons. The van der Waals surface area contributed by atoms with Crippen LogP contribution in [0.2, 0.25) is 5.02 Å². The SMILES string of the molecule is CCSCCC(C)NC1CC(c2ccccc2Cl)C1. The second-order valence-corrected chi connectivity index (χ2v) is 7.24. The molecule has 0 saturated heterocycles. The van der Waals surface area contributed by atoms with Crippen molar-refractivity contribution in [3.63, 3.8) is 0 Å². The first-order valence-electron chi connectivity index (χ1n) is 7.29. The number of halogens is 1. The van der Waals surface area contributed by atoms with Crippen LogP contribution in [0.3, 0.4) is 0 Å². The van der Waals surface area contributed by atoms with Gasteiger partial charge in [-0.05, 0) is 55.2 Å². The molecule has 1 aromatic rings. The van der Waals surface area contributed by atoms with Gasteiger partial charge >= 0.3 is 0 Å². The molecule has 2 rings (SSSR count). The summed E-state index contributed by atoms with van der Waals surface area (Å²) in [7, 11) is 0. The van der Waals surface area contributed by atoms with Gasteiger partial charge < -0.3 is 5.32 Å². The highest BCUT2D eigenvalue weighted by molar-refractivity contribution is 7.99. The molecule has 1 nitrogen and oxygen atoms in total. The topological polar surface area (TPSA) is 12.0 Å². The molecule has 1 aliphatic carbocycles. The number of rotatable bonds is 7. The van der Waals surface area contributed by atoms with Gasteiger partial charge in [-0.2, -0.15) is 11.8 Å². The van der Waals surface area contributed by atoms with Gasteiger partial charge in [-0.3, -0.25) is 0 Å². The summed E-state index contributed by atoms with van der Waals surface area (Å²) in [6.45, 7) is 4.53. The highest BCUT2D eigenvalue weighted by Crippen LogP contribution is 2.40. The Balaban J connectivity index is 1.70. The molecule has 0 aliphatic heterocycles. The van der Waals surface area contributed by atoms with E-state index >= 15 is 0 Å². The molecule has 106 valence electrons. The predicted molar refractivity (Wildman–Crippen MR) is 87.4 cm³/mol. The van der Waals surface area contributed by atoms with Crippen molar-refractivity contribution >= 4 is 23.4 Å². The molecule has 19 heavy (non-hydrogen) atoms. The first-order valence-corrected chi connectivity index (χ1v) is 8.82. The van der Waals surface area contributed by atoms with Crippen LogP contribution in [0, 0.1) is 0 Å². The monoisotopic (exact) mass is 297 g/mol. The van der Waals surface area contributed by atoms with Gasteiger partial charge in [0, 0.05) is 17.1 Å². The summed E-state index contributed by atoms with van der Waals surface area (Å²) in [5, 5.41) is 4.67. The number of hydrogen-bond acceptors (Lipinski definition) is 2. The van der Waals surface area contributed by atoms with Crippen LogP contribution in [0.15, 0.2) is 24.3 Å². The Hall–Kier alpha value is -0.180. The lowest BCUT2D eigenvalue weighted by atomic mass is 9.75. The highest BCUT2D eigenvalue weighted by Gasteiger charge is 2.31. The molecular formula is C16H24ClNS. The normalized spacial score (nSPS) is 23.9. The van der Waals surface area contributed by atoms with Gasteiger partial charge in [0.2, 0.25) is 0 Å². The molecule has 0 bridgehead atoms. The molecule has 0 spiro atoms. The summed E-state index contributed by atoms with van der Waals surface area (Å²) in [6.07, 6.45) is 3.73. The molecule has 1 N–H and O–H groups in total. The maximum absolute atomic E-state index is 6.25. The van der Waals surface area contributed by atoms with Crippen LogP contribution in [-0.4, -0.2) is 23.6 Å². The van der Waals surface area contributed by atoms with Gasteiger partial charge in [0.15, 0.2) is 0 Å². The fourth-order valence-electron chi connectivity index (χ4n) is 2.70. The maximum atomic E-state index is 6.25. The van der Waals surface area contributed by atoms with Crippen LogP contribution >= 0.6 is 23.4 Å². The van der Waals surface area contributed by atoms with Gasteiger partial charge in [-0.25, -0.2) is 0 Å². The standard InChI is InChI=1S/C16H24ClNS/c1-3-19-9-8-12(2)18-14-10-13(11-14)15-6-4-5-7-16(15)17/h4-7,12-14,18H,3,8-11H2,1-2H3. The third kappa shape index (κ3) is 4.40. The van der Waals surface area contributed by atoms with Crippen LogP contribution in [0.4, 0.5) is 0 Å². The average Bonchev–Trinajstić information content (AvgIpc) is 2.35. The fourth-order valence-corrected chi connectivity index (χ4v) is 3.80. The van der Waals surface area contributed by atoms with E-state index in [9.17, 15) is 0 Å². The average molecular weight is 298 g/mol. The molecule has 1 aliphatic rings. The van der Waals surface area contributed by atoms with E-state index in [1.807, 2.05) is 23.9 Å². The largest absolute Gasteiger partial charge is 0.311 e. The van der Waals surface area contributed by atoms with E-state index in [4.69, 9.17) is 11.6 Å². The van der Waals surface area contributed by atoms with Crippen LogP contribution in [-0.2, 0) is 0 Å². The van der Waals surface area contributed by atoms with Gasteiger partial charge in [-0.1, -0.05) is 36.7 Å². The summed E-state index contributed by atoms with van der Waals surface area (Å²) in [5.74, 6) is 3.15. The Bertz CT molecular complexity index is 390.